The fourth-order valence-electron chi connectivity index (χ4n) is 6.89. The lowest BCUT2D eigenvalue weighted by Crippen LogP contribution is -2.10. The van der Waals surface area contributed by atoms with Gasteiger partial charge in [0.25, 0.3) is 0 Å². The van der Waals surface area contributed by atoms with E-state index in [2.05, 4.69) is 120 Å². The Morgan fingerprint density at radius 3 is 2.08 bits per heavy atom. The van der Waals surface area contributed by atoms with E-state index in [0.717, 1.165) is 50.1 Å². The highest BCUT2D eigenvalue weighted by atomic mass is 32.1. The molecule has 0 unspecified atom stereocenters. The predicted molar refractivity (Wildman–Crippen MR) is 200 cm³/mol. The molecule has 10 rings (SSSR count). The summed E-state index contributed by atoms with van der Waals surface area (Å²) in [6, 6.07) is 55.0. The minimum Gasteiger partial charge on any atom is -0.456 e. The zero-order valence-corrected chi connectivity index (χ0v) is 26.4. The predicted octanol–water partition coefficient (Wildman–Crippen LogP) is 12.9. The molecule has 0 aliphatic heterocycles. The van der Waals surface area contributed by atoms with Gasteiger partial charge < -0.3 is 13.7 Å². The molecule has 0 aliphatic carbocycles. The number of hydrogen-bond donors (Lipinski definition) is 0. The van der Waals surface area contributed by atoms with Gasteiger partial charge in [-0.2, -0.15) is 0 Å². The Hall–Kier alpha value is -6.17. The molecule has 0 bridgehead atoms. The van der Waals surface area contributed by atoms with Gasteiger partial charge in [-0.3, -0.25) is 0 Å². The maximum absolute atomic E-state index is 6.47. The zero-order valence-electron chi connectivity index (χ0n) is 25.6. The number of fused-ring (bicyclic) bond motifs is 7. The van der Waals surface area contributed by atoms with Crippen molar-refractivity contribution in [2.24, 2.45) is 0 Å². The molecular weight excluding hydrogens is 609 g/mol. The van der Waals surface area contributed by atoms with Gasteiger partial charge in [-0.05, 0) is 71.8 Å². The summed E-state index contributed by atoms with van der Waals surface area (Å²) in [6.45, 7) is 0. The SMILES string of the molecule is c1ccc(-c2nc3cc4c(cc3o2)oc2cccc(N(c3ccccc3)c3ccc(-c5cccc6c5sc5ccccc56)cc3)c24)cc1. The van der Waals surface area contributed by atoms with E-state index < -0.39 is 0 Å². The van der Waals surface area contributed by atoms with Gasteiger partial charge in [0.15, 0.2) is 5.58 Å². The molecule has 48 heavy (non-hydrogen) atoms. The Morgan fingerprint density at radius 1 is 0.500 bits per heavy atom. The van der Waals surface area contributed by atoms with Gasteiger partial charge in [-0.15, -0.1) is 11.3 Å². The number of oxazole rings is 1. The Bertz CT molecular complexity index is 2780. The fourth-order valence-corrected chi connectivity index (χ4v) is 8.13. The van der Waals surface area contributed by atoms with Crippen LogP contribution >= 0.6 is 11.3 Å². The van der Waals surface area contributed by atoms with Crippen LogP contribution in [0, 0.1) is 0 Å². The molecule has 0 aliphatic rings. The average Bonchev–Trinajstić information content (AvgIpc) is 3.85. The minimum absolute atomic E-state index is 0.597. The lowest BCUT2D eigenvalue weighted by molar-refractivity contribution is 0.617. The molecule has 226 valence electrons. The third-order valence-electron chi connectivity index (χ3n) is 9.10. The van der Waals surface area contributed by atoms with Crippen LogP contribution in [0.25, 0.3) is 75.8 Å². The number of benzene rings is 7. The summed E-state index contributed by atoms with van der Waals surface area (Å²) in [6.07, 6.45) is 0. The van der Waals surface area contributed by atoms with Crippen molar-refractivity contribution in [2.75, 3.05) is 4.90 Å². The normalized spacial score (nSPS) is 11.8. The maximum Gasteiger partial charge on any atom is 0.227 e. The topological polar surface area (TPSA) is 42.4 Å². The van der Waals surface area contributed by atoms with Crippen molar-refractivity contribution in [3.63, 3.8) is 0 Å². The van der Waals surface area contributed by atoms with E-state index in [1.54, 1.807) is 0 Å². The van der Waals surface area contributed by atoms with Crippen LogP contribution in [0.3, 0.4) is 0 Å². The van der Waals surface area contributed by atoms with Gasteiger partial charge >= 0.3 is 0 Å². The second-order valence-electron chi connectivity index (χ2n) is 12.0. The van der Waals surface area contributed by atoms with Crippen LogP contribution in [0.1, 0.15) is 0 Å². The summed E-state index contributed by atoms with van der Waals surface area (Å²) in [5.74, 6) is 0.597. The number of nitrogens with zero attached hydrogens (tertiary/aromatic N) is 2. The Morgan fingerprint density at radius 2 is 1.23 bits per heavy atom. The molecule has 0 N–H and O–H groups in total. The maximum atomic E-state index is 6.47. The van der Waals surface area contributed by atoms with E-state index in [1.807, 2.05) is 53.8 Å². The molecule has 10 aromatic rings. The van der Waals surface area contributed by atoms with Crippen molar-refractivity contribution in [2.45, 2.75) is 0 Å². The third-order valence-corrected chi connectivity index (χ3v) is 10.3. The second-order valence-corrected chi connectivity index (χ2v) is 13.0. The van der Waals surface area contributed by atoms with Crippen molar-refractivity contribution in [3.8, 4) is 22.6 Å². The molecule has 0 radical (unpaired) electrons. The third kappa shape index (κ3) is 4.25. The van der Waals surface area contributed by atoms with Crippen LogP contribution in [-0.2, 0) is 0 Å². The number of hydrogen-bond acceptors (Lipinski definition) is 5. The highest BCUT2D eigenvalue weighted by molar-refractivity contribution is 7.26. The quantitative estimate of drug-likeness (QED) is 0.189. The smallest absolute Gasteiger partial charge is 0.227 e. The lowest BCUT2D eigenvalue weighted by Gasteiger charge is -2.26. The molecule has 0 amide bonds. The van der Waals surface area contributed by atoms with Crippen LogP contribution in [0.15, 0.2) is 167 Å². The summed E-state index contributed by atoms with van der Waals surface area (Å²) in [4.78, 5) is 7.17. The van der Waals surface area contributed by atoms with Crippen molar-refractivity contribution in [3.05, 3.63) is 158 Å². The van der Waals surface area contributed by atoms with Gasteiger partial charge in [-0.25, -0.2) is 4.98 Å². The summed E-state index contributed by atoms with van der Waals surface area (Å²) < 4.78 is 15.3. The van der Waals surface area contributed by atoms with E-state index in [4.69, 9.17) is 13.8 Å². The van der Waals surface area contributed by atoms with Gasteiger partial charge in [-0.1, -0.05) is 91.0 Å². The summed E-state index contributed by atoms with van der Waals surface area (Å²) in [7, 11) is 0. The van der Waals surface area contributed by atoms with Crippen molar-refractivity contribution < 1.29 is 8.83 Å². The Labute approximate surface area is 279 Å². The second kappa shape index (κ2) is 10.7. The molecule has 0 saturated heterocycles. The molecule has 0 spiro atoms. The van der Waals surface area contributed by atoms with Crippen molar-refractivity contribution >= 4 is 81.6 Å². The highest BCUT2D eigenvalue weighted by Crippen LogP contribution is 2.45. The fraction of sp³-hybridized carbons (Fsp3) is 0. The first-order valence-electron chi connectivity index (χ1n) is 16.0. The Balaban J connectivity index is 1.13. The van der Waals surface area contributed by atoms with Crippen LogP contribution in [0.2, 0.25) is 0 Å². The van der Waals surface area contributed by atoms with Gasteiger partial charge in [0.2, 0.25) is 5.89 Å². The lowest BCUT2D eigenvalue weighted by atomic mass is 10.0. The molecule has 0 atom stereocenters. The summed E-state index contributed by atoms with van der Waals surface area (Å²) >= 11 is 1.86. The molecule has 4 nitrogen and oxygen atoms in total. The van der Waals surface area contributed by atoms with Gasteiger partial charge in [0, 0.05) is 48.6 Å². The van der Waals surface area contributed by atoms with Gasteiger partial charge in [0.05, 0.1) is 11.1 Å². The van der Waals surface area contributed by atoms with E-state index in [-0.39, 0.29) is 0 Å². The first-order chi connectivity index (χ1) is 23.8. The Kier molecular flexibility index (Phi) is 6.01. The highest BCUT2D eigenvalue weighted by Gasteiger charge is 2.21. The molecular formula is C43H26N2O2S. The first-order valence-corrected chi connectivity index (χ1v) is 16.8. The summed E-state index contributed by atoms with van der Waals surface area (Å²) in [5, 5.41) is 4.64. The molecule has 3 aromatic heterocycles. The van der Waals surface area contributed by atoms with Crippen LogP contribution in [0.4, 0.5) is 17.1 Å². The molecule has 3 heterocycles. The zero-order chi connectivity index (χ0) is 31.6. The van der Waals surface area contributed by atoms with Gasteiger partial charge in [0.1, 0.15) is 16.7 Å². The number of aromatic nitrogens is 1. The standard InChI is InChI=1S/C43H26N2O2S/c1-3-11-28(12-4-1)43-44-35-25-34-38(26-39(35)47-43)46-37-19-10-18-36(41(34)37)45(29-13-5-2-6-14-29)30-23-21-27(22-24-30)31-16-9-17-33-32-15-7-8-20-40(32)48-42(31)33/h1-26H. The number of para-hydroxylation sites is 1. The largest absolute Gasteiger partial charge is 0.456 e. The van der Waals surface area contributed by atoms with E-state index >= 15 is 0 Å². The molecule has 0 fully saturated rings. The number of anilines is 3. The first kappa shape index (κ1) is 27.0. The van der Waals surface area contributed by atoms with E-state index in [1.165, 1.54) is 31.3 Å². The number of thiophene rings is 1. The van der Waals surface area contributed by atoms with Crippen LogP contribution < -0.4 is 4.90 Å². The van der Waals surface area contributed by atoms with Crippen molar-refractivity contribution in [1.82, 2.24) is 4.98 Å². The van der Waals surface area contributed by atoms with Crippen molar-refractivity contribution in [1.29, 1.82) is 0 Å². The van der Waals surface area contributed by atoms with E-state index in [9.17, 15) is 0 Å². The average molecular weight is 635 g/mol. The molecule has 7 aromatic carbocycles. The van der Waals surface area contributed by atoms with Crippen LogP contribution in [-0.4, -0.2) is 4.98 Å². The monoisotopic (exact) mass is 634 g/mol. The van der Waals surface area contributed by atoms with Crippen LogP contribution in [0.5, 0.6) is 0 Å². The molecule has 5 heteroatoms. The number of furan rings is 1. The minimum atomic E-state index is 0.597. The number of rotatable bonds is 5. The van der Waals surface area contributed by atoms with E-state index in [0.29, 0.717) is 11.5 Å². The molecule has 0 saturated carbocycles. The summed E-state index contributed by atoms with van der Waals surface area (Å²) in [5.41, 5.74) is 9.61.